The monoisotopic (exact) mass is 320 g/mol. The Balaban J connectivity index is 2.06. The van der Waals surface area contributed by atoms with Crippen LogP contribution in [0.4, 0.5) is 8.78 Å². The molecule has 3 heteroatoms. The molecule has 1 aromatic carbocycles. The molecule has 0 aromatic heterocycles. The van der Waals surface area contributed by atoms with Gasteiger partial charge >= 0.3 is 0 Å². The number of hydrogen-bond acceptors (Lipinski definition) is 1. The average Bonchev–Trinajstić information content (AvgIpc) is 2.57. The fourth-order valence-electron chi connectivity index (χ4n) is 3.00. The minimum Gasteiger partial charge on any atom is -0.490 e. The number of rotatable bonds is 7. The Labute approximate surface area is 138 Å². The maximum Gasteiger partial charge on any atom is 0.201 e. The van der Waals surface area contributed by atoms with Crippen LogP contribution in [0.3, 0.4) is 0 Å². The van der Waals surface area contributed by atoms with E-state index in [1.165, 1.54) is 0 Å². The van der Waals surface area contributed by atoms with Gasteiger partial charge in [-0.15, -0.1) is 0 Å². The number of halogens is 2. The Kier molecular flexibility index (Phi) is 6.82. The van der Waals surface area contributed by atoms with E-state index >= 15 is 0 Å². The highest BCUT2D eigenvalue weighted by molar-refractivity contribution is 5.67. The number of benzene rings is 1. The normalized spacial score (nSPS) is 18.3. The van der Waals surface area contributed by atoms with Crippen molar-refractivity contribution in [2.75, 3.05) is 6.61 Å². The molecule has 0 fully saturated rings. The molecule has 1 aliphatic rings. The van der Waals surface area contributed by atoms with Gasteiger partial charge in [-0.05, 0) is 69.1 Å². The maximum atomic E-state index is 14.3. The first-order valence-electron chi connectivity index (χ1n) is 8.58. The van der Waals surface area contributed by atoms with Crippen molar-refractivity contribution >= 4 is 5.57 Å². The van der Waals surface area contributed by atoms with Crippen LogP contribution in [0.25, 0.3) is 5.57 Å². The minimum absolute atomic E-state index is 0.00809. The Hall–Kier alpha value is -1.64. The Bertz CT molecular complexity index is 575. The van der Waals surface area contributed by atoms with Gasteiger partial charge in [0.15, 0.2) is 11.6 Å². The second-order valence-electron chi connectivity index (χ2n) is 6.10. The standard InChI is InChI=1S/C20H26F2O/c1-3-5-6-7-15-8-10-16(11-9-15)17-12-13-18(23-14-4-2)20(22)19(17)21/h3,5,10,12-13,15H,4,6-9,11,14H2,1-2H3/b5-3+. The van der Waals surface area contributed by atoms with Gasteiger partial charge in [-0.25, -0.2) is 4.39 Å². The van der Waals surface area contributed by atoms with E-state index in [2.05, 4.69) is 18.2 Å². The summed E-state index contributed by atoms with van der Waals surface area (Å²) in [5.74, 6) is -0.993. The molecular weight excluding hydrogens is 294 g/mol. The molecule has 23 heavy (non-hydrogen) atoms. The van der Waals surface area contributed by atoms with Crippen molar-refractivity contribution in [1.29, 1.82) is 0 Å². The Morgan fingerprint density at radius 2 is 2.09 bits per heavy atom. The van der Waals surface area contributed by atoms with Crippen molar-refractivity contribution in [2.24, 2.45) is 5.92 Å². The molecule has 0 bridgehead atoms. The zero-order chi connectivity index (χ0) is 16.7. The van der Waals surface area contributed by atoms with E-state index in [0.717, 1.165) is 44.1 Å². The predicted octanol–water partition coefficient (Wildman–Crippen LogP) is 6.29. The maximum absolute atomic E-state index is 14.3. The Morgan fingerprint density at radius 1 is 1.26 bits per heavy atom. The summed E-state index contributed by atoms with van der Waals surface area (Å²) < 4.78 is 33.6. The highest BCUT2D eigenvalue weighted by Crippen LogP contribution is 2.35. The first kappa shape index (κ1) is 17.7. The molecule has 0 amide bonds. The van der Waals surface area contributed by atoms with Crippen molar-refractivity contribution < 1.29 is 13.5 Å². The van der Waals surface area contributed by atoms with Gasteiger partial charge in [0.1, 0.15) is 0 Å². The van der Waals surface area contributed by atoms with Crippen molar-refractivity contribution in [3.8, 4) is 5.75 Å². The third-order valence-corrected chi connectivity index (χ3v) is 4.35. The summed E-state index contributed by atoms with van der Waals surface area (Å²) in [5, 5.41) is 0. The summed E-state index contributed by atoms with van der Waals surface area (Å²) in [5.41, 5.74) is 1.31. The average molecular weight is 320 g/mol. The fourth-order valence-corrected chi connectivity index (χ4v) is 3.00. The minimum atomic E-state index is -0.868. The molecule has 1 nitrogen and oxygen atoms in total. The third kappa shape index (κ3) is 4.66. The number of allylic oxidation sites excluding steroid dienone is 4. The van der Waals surface area contributed by atoms with Crippen LogP contribution < -0.4 is 4.74 Å². The summed E-state index contributed by atoms with van der Waals surface area (Å²) in [6.45, 7) is 4.36. The van der Waals surface area contributed by atoms with Crippen LogP contribution >= 0.6 is 0 Å². The molecule has 0 spiro atoms. The highest BCUT2D eigenvalue weighted by Gasteiger charge is 2.20. The molecule has 1 atom stereocenters. The highest BCUT2D eigenvalue weighted by atomic mass is 19.2. The van der Waals surface area contributed by atoms with Gasteiger partial charge in [0.05, 0.1) is 6.61 Å². The molecule has 0 heterocycles. The van der Waals surface area contributed by atoms with Gasteiger partial charge in [-0.2, -0.15) is 4.39 Å². The third-order valence-electron chi connectivity index (χ3n) is 4.35. The molecule has 0 radical (unpaired) electrons. The van der Waals surface area contributed by atoms with Gasteiger partial charge in [0.25, 0.3) is 0 Å². The van der Waals surface area contributed by atoms with Crippen molar-refractivity contribution in [3.05, 3.63) is 47.6 Å². The lowest BCUT2D eigenvalue weighted by molar-refractivity contribution is 0.295. The summed E-state index contributed by atoms with van der Waals surface area (Å²) in [7, 11) is 0. The molecular formula is C20H26F2O. The SMILES string of the molecule is C/C=C/CCC1CC=C(c2ccc(OCCC)c(F)c2F)CC1. The zero-order valence-corrected chi connectivity index (χ0v) is 14.1. The summed E-state index contributed by atoms with van der Waals surface area (Å²) in [4.78, 5) is 0. The second kappa shape index (κ2) is 8.85. The topological polar surface area (TPSA) is 9.23 Å². The smallest absolute Gasteiger partial charge is 0.201 e. The van der Waals surface area contributed by atoms with Crippen molar-refractivity contribution in [1.82, 2.24) is 0 Å². The molecule has 1 aliphatic carbocycles. The van der Waals surface area contributed by atoms with Crippen LogP contribution in [0, 0.1) is 17.6 Å². The van der Waals surface area contributed by atoms with E-state index in [1.807, 2.05) is 13.8 Å². The van der Waals surface area contributed by atoms with Crippen LogP contribution in [0.1, 0.15) is 57.9 Å². The second-order valence-corrected chi connectivity index (χ2v) is 6.10. The van der Waals surface area contributed by atoms with Crippen LogP contribution in [0.5, 0.6) is 5.75 Å². The molecule has 1 aromatic rings. The quantitative estimate of drug-likeness (QED) is 0.536. The molecule has 2 rings (SSSR count). The number of ether oxygens (including phenoxy) is 1. The van der Waals surface area contributed by atoms with E-state index in [0.29, 0.717) is 18.1 Å². The molecule has 1 unspecified atom stereocenters. The van der Waals surface area contributed by atoms with E-state index < -0.39 is 11.6 Å². The van der Waals surface area contributed by atoms with Gasteiger partial charge in [0.2, 0.25) is 5.82 Å². The molecule has 0 saturated heterocycles. The first-order valence-corrected chi connectivity index (χ1v) is 8.58. The van der Waals surface area contributed by atoms with Crippen LogP contribution in [-0.4, -0.2) is 6.61 Å². The number of hydrogen-bond donors (Lipinski definition) is 0. The van der Waals surface area contributed by atoms with Crippen LogP contribution in [0.2, 0.25) is 0 Å². The summed E-state index contributed by atoms with van der Waals surface area (Å²) in [6.07, 6.45) is 12.2. The Morgan fingerprint density at radius 3 is 2.74 bits per heavy atom. The van der Waals surface area contributed by atoms with Gasteiger partial charge < -0.3 is 4.74 Å². The van der Waals surface area contributed by atoms with E-state index in [9.17, 15) is 8.78 Å². The van der Waals surface area contributed by atoms with Gasteiger partial charge in [-0.3, -0.25) is 0 Å². The van der Waals surface area contributed by atoms with Gasteiger partial charge in [-0.1, -0.05) is 25.2 Å². The van der Waals surface area contributed by atoms with E-state index in [4.69, 9.17) is 4.74 Å². The lowest BCUT2D eigenvalue weighted by Gasteiger charge is -2.22. The lowest BCUT2D eigenvalue weighted by atomic mass is 9.84. The van der Waals surface area contributed by atoms with Gasteiger partial charge in [0, 0.05) is 5.56 Å². The zero-order valence-electron chi connectivity index (χ0n) is 14.1. The van der Waals surface area contributed by atoms with Crippen molar-refractivity contribution in [3.63, 3.8) is 0 Å². The van der Waals surface area contributed by atoms with Crippen molar-refractivity contribution in [2.45, 2.75) is 52.4 Å². The molecule has 126 valence electrons. The first-order chi connectivity index (χ1) is 11.2. The molecule has 0 saturated carbocycles. The van der Waals surface area contributed by atoms with E-state index in [-0.39, 0.29) is 5.75 Å². The summed E-state index contributed by atoms with van der Waals surface area (Å²) in [6, 6.07) is 3.19. The van der Waals surface area contributed by atoms with E-state index in [1.54, 1.807) is 12.1 Å². The van der Waals surface area contributed by atoms with Crippen LogP contribution in [0.15, 0.2) is 30.4 Å². The predicted molar refractivity (Wildman–Crippen MR) is 91.5 cm³/mol. The summed E-state index contributed by atoms with van der Waals surface area (Å²) >= 11 is 0. The fraction of sp³-hybridized carbons (Fsp3) is 0.500. The lowest BCUT2D eigenvalue weighted by Crippen LogP contribution is -2.07. The largest absolute Gasteiger partial charge is 0.490 e. The van der Waals surface area contributed by atoms with Crippen LogP contribution in [-0.2, 0) is 0 Å². The molecule has 0 N–H and O–H groups in total. The molecule has 0 aliphatic heterocycles.